The largest absolute Gasteiger partial charge is 0.417 e. The number of benzene rings is 2. The van der Waals surface area contributed by atoms with E-state index in [1.807, 2.05) is 60.7 Å². The van der Waals surface area contributed by atoms with Gasteiger partial charge in [-0.25, -0.2) is 0 Å². The predicted octanol–water partition coefficient (Wildman–Crippen LogP) is 6.72. The van der Waals surface area contributed by atoms with Crippen LogP contribution in [-0.2, 0) is 8.99 Å². The smallest absolute Gasteiger partial charge is 0.191 e. The highest BCUT2D eigenvalue weighted by atomic mass is 31.2. The van der Waals surface area contributed by atoms with Crippen molar-refractivity contribution in [1.29, 1.82) is 0 Å². The molecule has 2 aromatic carbocycles. The monoisotopic (exact) mass is 486 g/mol. The van der Waals surface area contributed by atoms with Gasteiger partial charge in [-0.05, 0) is 36.9 Å². The summed E-state index contributed by atoms with van der Waals surface area (Å²) in [5.74, 6) is -0.0477. The molecular weight excluding hydrogens is 443 g/mol. The van der Waals surface area contributed by atoms with E-state index >= 15 is 4.57 Å². The Morgan fingerprint density at radius 1 is 0.939 bits per heavy atom. The van der Waals surface area contributed by atoms with E-state index in [-0.39, 0.29) is 16.6 Å². The SMILES string of the molecule is C[C@H](CO[Si](C)(C)C(C)(C)C)[C@@H](C1(O)CCCCC1)P(=O)(c1ccccc1)c1ccccc1. The summed E-state index contributed by atoms with van der Waals surface area (Å²) >= 11 is 0. The van der Waals surface area contributed by atoms with Gasteiger partial charge in [-0.3, -0.25) is 0 Å². The summed E-state index contributed by atoms with van der Waals surface area (Å²) in [6.45, 7) is 13.9. The van der Waals surface area contributed by atoms with Crippen LogP contribution in [0.3, 0.4) is 0 Å². The zero-order valence-electron chi connectivity index (χ0n) is 21.4. The Labute approximate surface area is 202 Å². The third-order valence-corrected chi connectivity index (χ3v) is 16.4. The molecule has 1 aliphatic carbocycles. The highest BCUT2D eigenvalue weighted by Gasteiger charge is 2.52. The van der Waals surface area contributed by atoms with E-state index in [1.54, 1.807) is 0 Å². The zero-order chi connectivity index (χ0) is 24.3. The van der Waals surface area contributed by atoms with E-state index < -0.39 is 21.1 Å². The number of aliphatic hydroxyl groups is 1. The second kappa shape index (κ2) is 10.2. The van der Waals surface area contributed by atoms with Crippen LogP contribution < -0.4 is 10.6 Å². The highest BCUT2D eigenvalue weighted by Crippen LogP contribution is 2.58. The lowest BCUT2D eigenvalue weighted by Gasteiger charge is -2.47. The lowest BCUT2D eigenvalue weighted by Crippen LogP contribution is -2.52. The number of hydrogen-bond acceptors (Lipinski definition) is 3. The van der Waals surface area contributed by atoms with Gasteiger partial charge in [-0.2, -0.15) is 0 Å². The molecule has 1 fully saturated rings. The first-order valence-electron chi connectivity index (χ1n) is 12.5. The van der Waals surface area contributed by atoms with Crippen molar-refractivity contribution in [3.8, 4) is 0 Å². The van der Waals surface area contributed by atoms with Crippen LogP contribution in [0.1, 0.15) is 59.8 Å². The van der Waals surface area contributed by atoms with Crippen molar-refractivity contribution in [2.24, 2.45) is 5.92 Å². The van der Waals surface area contributed by atoms with Crippen LogP contribution in [0.4, 0.5) is 0 Å². The van der Waals surface area contributed by atoms with Crippen LogP contribution in [0, 0.1) is 5.92 Å². The molecule has 0 amide bonds. The molecule has 0 aliphatic heterocycles. The summed E-state index contributed by atoms with van der Waals surface area (Å²) in [4.78, 5) is 0. The quantitative estimate of drug-likeness (QED) is 0.333. The van der Waals surface area contributed by atoms with Crippen molar-refractivity contribution in [1.82, 2.24) is 0 Å². The maximum atomic E-state index is 15.4. The fraction of sp³-hybridized carbons (Fsp3) is 0.571. The molecule has 5 heteroatoms. The molecule has 3 rings (SSSR count). The molecule has 0 aromatic heterocycles. The molecule has 0 unspecified atom stereocenters. The minimum atomic E-state index is -3.16. The van der Waals surface area contributed by atoms with Crippen LogP contribution in [0.2, 0.25) is 18.1 Å². The molecule has 0 heterocycles. The molecule has 1 saturated carbocycles. The van der Waals surface area contributed by atoms with Crippen LogP contribution in [0.15, 0.2) is 60.7 Å². The standard InChI is InChI=1S/C28H43O3PSi/c1-23(22-31-33(5,6)27(2,3)4)26(28(29)20-14-9-15-21-28)32(30,24-16-10-7-11-17-24)25-18-12-8-13-19-25/h7-8,10-13,16-19,23,26,29H,9,14-15,20-22H2,1-6H3/t23-,26+/m1/s1. The molecule has 1 N–H and O–H groups in total. The Kier molecular flexibility index (Phi) is 8.16. The lowest BCUT2D eigenvalue weighted by atomic mass is 9.78. The Balaban J connectivity index is 2.11. The maximum absolute atomic E-state index is 15.4. The van der Waals surface area contributed by atoms with Crippen molar-refractivity contribution in [3.63, 3.8) is 0 Å². The normalized spacial score (nSPS) is 19.1. The second-order valence-corrected chi connectivity index (χ2v) is 19.2. The molecule has 0 radical (unpaired) electrons. The minimum Gasteiger partial charge on any atom is -0.417 e. The van der Waals surface area contributed by atoms with Gasteiger partial charge in [-0.1, -0.05) is 108 Å². The van der Waals surface area contributed by atoms with Crippen molar-refractivity contribution in [2.75, 3.05) is 6.61 Å². The minimum absolute atomic E-state index is 0.0477. The average Bonchev–Trinajstić information content (AvgIpc) is 2.78. The Bertz CT molecular complexity index is 887. The molecule has 0 saturated heterocycles. The average molecular weight is 487 g/mol. The van der Waals surface area contributed by atoms with Crippen LogP contribution in [0.25, 0.3) is 0 Å². The van der Waals surface area contributed by atoms with Gasteiger partial charge in [0.05, 0.1) is 11.3 Å². The van der Waals surface area contributed by atoms with Crippen molar-refractivity contribution in [3.05, 3.63) is 60.7 Å². The first kappa shape index (κ1) is 26.4. The number of hydrogen-bond donors (Lipinski definition) is 1. The van der Waals surface area contributed by atoms with Gasteiger partial charge in [0, 0.05) is 17.2 Å². The summed E-state index contributed by atoms with van der Waals surface area (Å²) in [5.41, 5.74) is -1.35. The van der Waals surface area contributed by atoms with E-state index in [0.29, 0.717) is 19.4 Å². The van der Waals surface area contributed by atoms with E-state index in [2.05, 4.69) is 40.8 Å². The van der Waals surface area contributed by atoms with Gasteiger partial charge in [0.15, 0.2) is 8.32 Å². The molecule has 2 aromatic rings. The van der Waals surface area contributed by atoms with Crippen LogP contribution in [0.5, 0.6) is 0 Å². The topological polar surface area (TPSA) is 46.5 Å². The summed E-state index contributed by atoms with van der Waals surface area (Å²) in [6, 6.07) is 19.7. The van der Waals surface area contributed by atoms with Gasteiger partial charge in [-0.15, -0.1) is 0 Å². The molecule has 182 valence electrons. The van der Waals surface area contributed by atoms with Crippen LogP contribution in [-0.4, -0.2) is 31.3 Å². The fourth-order valence-corrected chi connectivity index (χ4v) is 10.1. The summed E-state index contributed by atoms with van der Waals surface area (Å²) in [7, 11) is -5.14. The van der Waals surface area contributed by atoms with Crippen LogP contribution >= 0.6 is 7.14 Å². The van der Waals surface area contributed by atoms with Gasteiger partial charge < -0.3 is 14.1 Å². The van der Waals surface area contributed by atoms with Crippen molar-refractivity contribution < 1.29 is 14.1 Å². The number of rotatable bonds is 8. The van der Waals surface area contributed by atoms with Gasteiger partial charge in [0.2, 0.25) is 0 Å². The van der Waals surface area contributed by atoms with Gasteiger partial charge in [0.25, 0.3) is 0 Å². The first-order chi connectivity index (χ1) is 15.4. The predicted molar refractivity (Wildman–Crippen MR) is 144 cm³/mol. The third kappa shape index (κ3) is 5.56. The summed E-state index contributed by atoms with van der Waals surface area (Å²) in [5, 5.41) is 13.9. The molecule has 33 heavy (non-hydrogen) atoms. The Morgan fingerprint density at radius 2 is 1.39 bits per heavy atom. The Hall–Kier alpha value is -1.19. The second-order valence-electron chi connectivity index (χ2n) is 11.5. The summed E-state index contributed by atoms with van der Waals surface area (Å²) < 4.78 is 22.0. The van der Waals surface area contributed by atoms with Crippen molar-refractivity contribution in [2.45, 2.75) is 89.2 Å². The molecular formula is C28H43O3PSi. The molecule has 0 spiro atoms. The lowest BCUT2D eigenvalue weighted by molar-refractivity contribution is -0.0170. The fourth-order valence-electron chi connectivity index (χ4n) is 5.10. The van der Waals surface area contributed by atoms with E-state index in [9.17, 15) is 5.11 Å². The maximum Gasteiger partial charge on any atom is 0.191 e. The third-order valence-electron chi connectivity index (χ3n) is 7.99. The molecule has 0 bridgehead atoms. The van der Waals surface area contributed by atoms with E-state index in [0.717, 1.165) is 29.9 Å². The Morgan fingerprint density at radius 3 is 1.82 bits per heavy atom. The molecule has 2 atom stereocenters. The van der Waals surface area contributed by atoms with Crippen molar-refractivity contribution >= 4 is 26.1 Å². The summed E-state index contributed by atoms with van der Waals surface area (Å²) in [6.07, 6.45) is 4.49. The molecule has 1 aliphatic rings. The molecule has 3 nitrogen and oxygen atoms in total. The zero-order valence-corrected chi connectivity index (χ0v) is 23.3. The van der Waals surface area contributed by atoms with E-state index in [4.69, 9.17) is 4.43 Å². The van der Waals surface area contributed by atoms with E-state index in [1.165, 1.54) is 0 Å². The van der Waals surface area contributed by atoms with Gasteiger partial charge in [0.1, 0.15) is 7.14 Å². The highest BCUT2D eigenvalue weighted by molar-refractivity contribution is 7.79. The first-order valence-corrected chi connectivity index (χ1v) is 17.2. The van der Waals surface area contributed by atoms with Gasteiger partial charge >= 0.3 is 0 Å².